The summed E-state index contributed by atoms with van der Waals surface area (Å²) in [6, 6.07) is 0.335. The Kier molecular flexibility index (Phi) is 2.64. The number of nitrogens with zero attached hydrogens (tertiary/aromatic N) is 4. The molecule has 3 heterocycles. The number of nitrogens with one attached hydrogen (secondary N) is 2. The lowest BCUT2D eigenvalue weighted by Gasteiger charge is -2.24. The molecular formula is C11H16N6. The molecule has 0 bridgehead atoms. The minimum Gasteiger partial charge on any atom is -0.308 e. The van der Waals surface area contributed by atoms with Gasteiger partial charge in [0.05, 0.1) is 17.8 Å². The molecule has 1 aliphatic heterocycles. The molecule has 0 fully saturated rings. The predicted molar refractivity (Wildman–Crippen MR) is 63.3 cm³/mol. The zero-order valence-electron chi connectivity index (χ0n) is 9.85. The van der Waals surface area contributed by atoms with Crippen LogP contribution in [0.4, 0.5) is 0 Å². The molecule has 6 nitrogen and oxygen atoms in total. The van der Waals surface area contributed by atoms with Gasteiger partial charge in [-0.3, -0.25) is 5.10 Å². The normalized spacial score (nSPS) is 19.2. The van der Waals surface area contributed by atoms with Crippen molar-refractivity contribution in [1.29, 1.82) is 0 Å². The van der Waals surface area contributed by atoms with Gasteiger partial charge in [0.1, 0.15) is 0 Å². The number of aromatic nitrogens is 5. The van der Waals surface area contributed by atoms with Gasteiger partial charge in [-0.25, -0.2) is 0 Å². The summed E-state index contributed by atoms with van der Waals surface area (Å²) < 4.78 is 2.20. The van der Waals surface area contributed by atoms with Crippen molar-refractivity contribution in [1.82, 2.24) is 30.3 Å². The van der Waals surface area contributed by atoms with Gasteiger partial charge in [-0.15, -0.1) is 10.2 Å². The highest BCUT2D eigenvalue weighted by Gasteiger charge is 2.24. The molecule has 0 radical (unpaired) electrons. The van der Waals surface area contributed by atoms with E-state index in [1.54, 1.807) is 6.20 Å². The lowest BCUT2D eigenvalue weighted by molar-refractivity contribution is 0.394. The number of rotatable bonds is 3. The third-order valence-electron chi connectivity index (χ3n) is 3.15. The lowest BCUT2D eigenvalue weighted by atomic mass is 10.1. The van der Waals surface area contributed by atoms with E-state index in [-0.39, 0.29) is 0 Å². The summed E-state index contributed by atoms with van der Waals surface area (Å²) in [5.41, 5.74) is 1.00. The Labute approximate surface area is 99.4 Å². The zero-order valence-corrected chi connectivity index (χ0v) is 9.85. The van der Waals surface area contributed by atoms with Gasteiger partial charge >= 0.3 is 0 Å². The first kappa shape index (κ1) is 10.5. The number of aromatic amines is 1. The third kappa shape index (κ3) is 1.74. The SMILES string of the molecule is CCCC1NCCn2c(-c3cn[nH]c3)nnc21. The van der Waals surface area contributed by atoms with Gasteiger partial charge in [0, 0.05) is 19.3 Å². The maximum absolute atomic E-state index is 4.32. The first-order chi connectivity index (χ1) is 8.40. The summed E-state index contributed by atoms with van der Waals surface area (Å²) in [6.07, 6.45) is 5.89. The molecule has 0 amide bonds. The molecule has 0 saturated heterocycles. The summed E-state index contributed by atoms with van der Waals surface area (Å²) >= 11 is 0. The fraction of sp³-hybridized carbons (Fsp3) is 0.545. The second-order valence-electron chi connectivity index (χ2n) is 4.32. The number of fused-ring (bicyclic) bond motifs is 1. The molecule has 0 saturated carbocycles. The Morgan fingerprint density at radius 3 is 3.18 bits per heavy atom. The smallest absolute Gasteiger partial charge is 0.167 e. The van der Waals surface area contributed by atoms with E-state index in [0.29, 0.717) is 6.04 Å². The molecule has 1 aliphatic rings. The van der Waals surface area contributed by atoms with Gasteiger partial charge in [0.15, 0.2) is 11.6 Å². The van der Waals surface area contributed by atoms with Crippen molar-refractivity contribution >= 4 is 0 Å². The molecular weight excluding hydrogens is 216 g/mol. The third-order valence-corrected chi connectivity index (χ3v) is 3.15. The molecule has 0 spiro atoms. The summed E-state index contributed by atoms with van der Waals surface area (Å²) in [4.78, 5) is 0. The second kappa shape index (κ2) is 4.29. The maximum Gasteiger partial charge on any atom is 0.167 e. The Morgan fingerprint density at radius 1 is 1.47 bits per heavy atom. The number of hydrogen-bond donors (Lipinski definition) is 2. The van der Waals surface area contributed by atoms with Crippen LogP contribution in [0, 0.1) is 0 Å². The average Bonchev–Trinajstić information content (AvgIpc) is 2.97. The molecule has 1 unspecified atom stereocenters. The van der Waals surface area contributed by atoms with Crippen LogP contribution in [0.2, 0.25) is 0 Å². The predicted octanol–water partition coefficient (Wildman–Crippen LogP) is 1.11. The molecule has 0 aliphatic carbocycles. The summed E-state index contributed by atoms with van der Waals surface area (Å²) in [5, 5.41) is 18.9. The van der Waals surface area contributed by atoms with E-state index < -0.39 is 0 Å². The van der Waals surface area contributed by atoms with Gasteiger partial charge < -0.3 is 9.88 Å². The van der Waals surface area contributed by atoms with E-state index in [2.05, 4.69) is 37.2 Å². The molecule has 2 aromatic heterocycles. The Balaban J connectivity index is 1.99. The van der Waals surface area contributed by atoms with E-state index in [9.17, 15) is 0 Å². The number of hydrogen-bond acceptors (Lipinski definition) is 4. The summed E-state index contributed by atoms with van der Waals surface area (Å²) in [6.45, 7) is 4.08. The van der Waals surface area contributed by atoms with Gasteiger partial charge in [-0.05, 0) is 6.42 Å². The Morgan fingerprint density at radius 2 is 2.41 bits per heavy atom. The van der Waals surface area contributed by atoms with Crippen LogP contribution in [-0.2, 0) is 6.54 Å². The second-order valence-corrected chi connectivity index (χ2v) is 4.32. The van der Waals surface area contributed by atoms with Gasteiger partial charge in [0.2, 0.25) is 0 Å². The largest absolute Gasteiger partial charge is 0.308 e. The molecule has 6 heteroatoms. The van der Waals surface area contributed by atoms with E-state index in [4.69, 9.17) is 0 Å². The van der Waals surface area contributed by atoms with Crippen LogP contribution in [0.5, 0.6) is 0 Å². The van der Waals surface area contributed by atoms with Crippen LogP contribution in [0.1, 0.15) is 31.6 Å². The fourth-order valence-electron chi connectivity index (χ4n) is 2.34. The van der Waals surface area contributed by atoms with Crippen molar-refractivity contribution < 1.29 is 0 Å². The van der Waals surface area contributed by atoms with E-state index in [1.807, 2.05) is 6.20 Å². The van der Waals surface area contributed by atoms with Crippen LogP contribution < -0.4 is 5.32 Å². The highest BCUT2D eigenvalue weighted by Crippen LogP contribution is 2.25. The molecule has 0 aromatic carbocycles. The molecule has 17 heavy (non-hydrogen) atoms. The van der Waals surface area contributed by atoms with Crippen LogP contribution >= 0.6 is 0 Å². The fourth-order valence-corrected chi connectivity index (χ4v) is 2.34. The molecule has 1 atom stereocenters. The Bertz CT molecular complexity index is 486. The first-order valence-corrected chi connectivity index (χ1v) is 6.05. The van der Waals surface area contributed by atoms with Crippen molar-refractivity contribution in [3.8, 4) is 11.4 Å². The topological polar surface area (TPSA) is 71.4 Å². The van der Waals surface area contributed by atoms with Crippen LogP contribution in [0.25, 0.3) is 11.4 Å². The van der Waals surface area contributed by atoms with Crippen molar-refractivity contribution in [2.24, 2.45) is 0 Å². The highest BCUT2D eigenvalue weighted by atomic mass is 15.3. The lowest BCUT2D eigenvalue weighted by Crippen LogP contribution is -2.33. The minimum absolute atomic E-state index is 0.335. The Hall–Kier alpha value is -1.69. The van der Waals surface area contributed by atoms with Gasteiger partial charge in [-0.1, -0.05) is 13.3 Å². The zero-order chi connectivity index (χ0) is 11.7. The highest BCUT2D eigenvalue weighted by molar-refractivity contribution is 5.52. The first-order valence-electron chi connectivity index (χ1n) is 6.05. The molecule has 2 aromatic rings. The van der Waals surface area contributed by atoms with Gasteiger partial charge in [0.25, 0.3) is 0 Å². The standard InChI is InChI=1S/C11H16N6/c1-2-3-9-11-16-15-10(8-6-13-14-7-8)17(11)5-4-12-9/h6-7,9,12H,2-5H2,1H3,(H,13,14). The summed E-state index contributed by atoms with van der Waals surface area (Å²) in [7, 11) is 0. The molecule has 2 N–H and O–H groups in total. The van der Waals surface area contributed by atoms with Crippen LogP contribution in [0.15, 0.2) is 12.4 Å². The van der Waals surface area contributed by atoms with E-state index >= 15 is 0 Å². The quantitative estimate of drug-likeness (QED) is 0.831. The molecule has 3 rings (SSSR count). The van der Waals surface area contributed by atoms with E-state index in [0.717, 1.165) is 43.1 Å². The number of H-pyrrole nitrogens is 1. The van der Waals surface area contributed by atoms with Crippen LogP contribution in [-0.4, -0.2) is 31.5 Å². The molecule has 90 valence electrons. The minimum atomic E-state index is 0.335. The van der Waals surface area contributed by atoms with Crippen molar-refractivity contribution in [3.63, 3.8) is 0 Å². The maximum atomic E-state index is 4.32. The summed E-state index contributed by atoms with van der Waals surface area (Å²) in [5.74, 6) is 1.96. The monoisotopic (exact) mass is 232 g/mol. The van der Waals surface area contributed by atoms with Crippen molar-refractivity contribution in [2.45, 2.75) is 32.4 Å². The van der Waals surface area contributed by atoms with Crippen molar-refractivity contribution in [3.05, 3.63) is 18.2 Å². The van der Waals surface area contributed by atoms with Crippen molar-refractivity contribution in [2.75, 3.05) is 6.54 Å². The van der Waals surface area contributed by atoms with Gasteiger partial charge in [-0.2, -0.15) is 5.10 Å². The van der Waals surface area contributed by atoms with E-state index in [1.165, 1.54) is 0 Å². The van der Waals surface area contributed by atoms with Crippen LogP contribution in [0.3, 0.4) is 0 Å². The average molecular weight is 232 g/mol.